The zero-order valence-corrected chi connectivity index (χ0v) is 14.6. The van der Waals surface area contributed by atoms with E-state index < -0.39 is 14.9 Å². The quantitative estimate of drug-likeness (QED) is 0.616. The summed E-state index contributed by atoms with van der Waals surface area (Å²) in [4.78, 5) is 12.4. The van der Waals surface area contributed by atoms with Gasteiger partial charge in [-0.3, -0.25) is 10.1 Å². The summed E-state index contributed by atoms with van der Waals surface area (Å²) in [6.07, 6.45) is 0. The zero-order chi connectivity index (χ0) is 18.0. The number of nitrogens with zero attached hydrogens (tertiary/aromatic N) is 3. The van der Waals surface area contributed by atoms with Crippen molar-refractivity contribution in [2.45, 2.75) is 10.9 Å². The largest absolute Gasteiger partial charge is 0.303 e. The molecule has 0 amide bonds. The first-order valence-electron chi connectivity index (χ1n) is 7.89. The number of nitro groups is 1. The Hall–Kier alpha value is -2.29. The second-order valence-corrected chi connectivity index (χ2v) is 7.95. The van der Waals surface area contributed by atoms with Crippen LogP contribution < -0.4 is 0 Å². The molecule has 132 valence electrons. The lowest BCUT2D eigenvalue weighted by atomic mass is 10.1. The third kappa shape index (κ3) is 3.55. The van der Waals surface area contributed by atoms with Gasteiger partial charge >= 0.3 is 0 Å². The number of piperazine rings is 1. The summed E-state index contributed by atoms with van der Waals surface area (Å²) >= 11 is 0. The lowest BCUT2D eigenvalue weighted by Gasteiger charge is -2.39. The Morgan fingerprint density at radius 2 is 1.68 bits per heavy atom. The average molecular weight is 361 g/mol. The second-order valence-electron chi connectivity index (χ2n) is 6.06. The highest BCUT2D eigenvalue weighted by molar-refractivity contribution is 7.89. The minimum atomic E-state index is -3.74. The van der Waals surface area contributed by atoms with Gasteiger partial charge in [-0.15, -0.1) is 0 Å². The topological polar surface area (TPSA) is 83.8 Å². The van der Waals surface area contributed by atoms with Crippen molar-refractivity contribution in [1.29, 1.82) is 0 Å². The molecule has 1 aliphatic heterocycles. The first-order valence-corrected chi connectivity index (χ1v) is 9.33. The fourth-order valence-electron chi connectivity index (χ4n) is 3.01. The highest BCUT2D eigenvalue weighted by atomic mass is 32.2. The van der Waals surface area contributed by atoms with E-state index in [9.17, 15) is 18.5 Å². The minimum Gasteiger partial charge on any atom is -0.303 e. The van der Waals surface area contributed by atoms with E-state index >= 15 is 0 Å². The minimum absolute atomic E-state index is 0.0728. The van der Waals surface area contributed by atoms with E-state index in [1.165, 1.54) is 28.6 Å². The number of sulfonamides is 1. The van der Waals surface area contributed by atoms with Crippen LogP contribution in [0.25, 0.3) is 0 Å². The molecule has 7 nitrogen and oxygen atoms in total. The summed E-state index contributed by atoms with van der Waals surface area (Å²) in [6.45, 7) is 1.60. The third-order valence-electron chi connectivity index (χ3n) is 4.37. The van der Waals surface area contributed by atoms with Crippen molar-refractivity contribution in [1.82, 2.24) is 9.21 Å². The molecule has 2 aromatic rings. The molecule has 1 saturated heterocycles. The molecule has 1 fully saturated rings. The highest BCUT2D eigenvalue weighted by Gasteiger charge is 2.36. The first-order chi connectivity index (χ1) is 11.9. The van der Waals surface area contributed by atoms with Gasteiger partial charge < -0.3 is 4.90 Å². The van der Waals surface area contributed by atoms with Crippen LogP contribution in [0, 0.1) is 10.1 Å². The summed E-state index contributed by atoms with van der Waals surface area (Å²) in [7, 11) is -1.78. The number of rotatable bonds is 4. The van der Waals surface area contributed by atoms with Crippen molar-refractivity contribution in [3.05, 3.63) is 70.3 Å². The highest BCUT2D eigenvalue weighted by Crippen LogP contribution is 2.31. The van der Waals surface area contributed by atoms with E-state index in [1.807, 2.05) is 37.4 Å². The number of hydrogen-bond acceptors (Lipinski definition) is 5. The Morgan fingerprint density at radius 3 is 2.28 bits per heavy atom. The van der Waals surface area contributed by atoms with E-state index in [1.54, 1.807) is 0 Å². The monoisotopic (exact) mass is 361 g/mol. The zero-order valence-electron chi connectivity index (χ0n) is 13.8. The molecule has 0 N–H and O–H groups in total. The molecule has 8 heteroatoms. The van der Waals surface area contributed by atoms with Gasteiger partial charge in [-0.25, -0.2) is 8.42 Å². The van der Waals surface area contributed by atoms with E-state index in [0.29, 0.717) is 19.6 Å². The summed E-state index contributed by atoms with van der Waals surface area (Å²) in [5, 5.41) is 10.8. The third-order valence-corrected chi connectivity index (χ3v) is 6.30. The van der Waals surface area contributed by atoms with E-state index in [4.69, 9.17) is 0 Å². The summed E-state index contributed by atoms with van der Waals surface area (Å²) in [6, 6.07) is 14.3. The Bertz CT molecular complexity index is 853. The van der Waals surface area contributed by atoms with E-state index in [2.05, 4.69) is 4.90 Å². The molecule has 0 saturated carbocycles. The SMILES string of the molecule is CN1CCN(S(=O)(=O)c2ccc([N+](=O)[O-])cc2)C(c2ccccc2)C1. The van der Waals surface area contributed by atoms with Gasteiger partial charge in [0.15, 0.2) is 0 Å². The van der Waals surface area contributed by atoms with Gasteiger partial charge in [-0.1, -0.05) is 30.3 Å². The predicted octanol–water partition coefficient (Wildman–Crippen LogP) is 2.27. The van der Waals surface area contributed by atoms with Crippen LogP contribution in [0.2, 0.25) is 0 Å². The normalized spacial score (nSPS) is 19.6. The summed E-state index contributed by atoms with van der Waals surface area (Å²) in [5.74, 6) is 0. The van der Waals surface area contributed by atoms with E-state index in [0.717, 1.165) is 5.56 Å². The number of likely N-dealkylation sites (N-methyl/N-ethyl adjacent to an activating group) is 1. The van der Waals surface area contributed by atoms with Crippen molar-refractivity contribution < 1.29 is 13.3 Å². The molecule has 1 aliphatic rings. The van der Waals surface area contributed by atoms with Gasteiger partial charge in [-0.2, -0.15) is 4.31 Å². The lowest BCUT2D eigenvalue weighted by molar-refractivity contribution is -0.384. The Morgan fingerprint density at radius 1 is 1.04 bits per heavy atom. The van der Waals surface area contributed by atoms with Gasteiger partial charge in [-0.05, 0) is 24.7 Å². The second kappa shape index (κ2) is 6.91. The van der Waals surface area contributed by atoms with E-state index in [-0.39, 0.29) is 16.6 Å². The molecule has 0 radical (unpaired) electrons. The van der Waals surface area contributed by atoms with Crippen LogP contribution in [-0.2, 0) is 10.0 Å². The average Bonchev–Trinajstić information content (AvgIpc) is 2.62. The molecular formula is C17H19N3O4S. The van der Waals surface area contributed by atoms with Crippen LogP contribution >= 0.6 is 0 Å². The molecule has 25 heavy (non-hydrogen) atoms. The molecule has 1 unspecified atom stereocenters. The number of benzene rings is 2. The predicted molar refractivity (Wildman–Crippen MR) is 93.7 cm³/mol. The molecule has 3 rings (SSSR count). The van der Waals surface area contributed by atoms with Crippen molar-refractivity contribution in [3.8, 4) is 0 Å². The van der Waals surface area contributed by atoms with Gasteiger partial charge in [0.1, 0.15) is 0 Å². The summed E-state index contributed by atoms with van der Waals surface area (Å²) in [5.41, 5.74) is 0.802. The fraction of sp³-hybridized carbons (Fsp3) is 0.294. The maximum atomic E-state index is 13.1. The Balaban J connectivity index is 1.97. The number of hydrogen-bond donors (Lipinski definition) is 0. The Kier molecular flexibility index (Phi) is 4.85. The van der Waals surface area contributed by atoms with Crippen molar-refractivity contribution >= 4 is 15.7 Å². The molecular weight excluding hydrogens is 342 g/mol. The molecule has 0 aromatic heterocycles. The standard InChI is InChI=1S/C17H19N3O4S/c1-18-11-12-19(17(13-18)14-5-3-2-4-6-14)25(23,24)16-9-7-15(8-10-16)20(21)22/h2-10,17H,11-13H2,1H3. The van der Waals surface area contributed by atoms with Crippen LogP contribution in [0.1, 0.15) is 11.6 Å². The van der Waals surface area contributed by atoms with Gasteiger partial charge in [0.2, 0.25) is 10.0 Å². The van der Waals surface area contributed by atoms with Gasteiger partial charge in [0, 0.05) is 31.8 Å². The smallest absolute Gasteiger partial charge is 0.269 e. The van der Waals surface area contributed by atoms with Crippen molar-refractivity contribution in [3.63, 3.8) is 0 Å². The van der Waals surface area contributed by atoms with Crippen LogP contribution in [0.5, 0.6) is 0 Å². The van der Waals surface area contributed by atoms with Crippen LogP contribution in [0.15, 0.2) is 59.5 Å². The van der Waals surface area contributed by atoms with Crippen LogP contribution in [0.3, 0.4) is 0 Å². The molecule has 0 spiro atoms. The van der Waals surface area contributed by atoms with Crippen LogP contribution in [0.4, 0.5) is 5.69 Å². The molecule has 2 aromatic carbocycles. The van der Waals surface area contributed by atoms with Crippen molar-refractivity contribution in [2.24, 2.45) is 0 Å². The van der Waals surface area contributed by atoms with Crippen LogP contribution in [-0.4, -0.2) is 49.2 Å². The van der Waals surface area contributed by atoms with Gasteiger partial charge in [0.25, 0.3) is 5.69 Å². The fourth-order valence-corrected chi connectivity index (χ4v) is 4.61. The summed E-state index contributed by atoms with van der Waals surface area (Å²) < 4.78 is 27.7. The lowest BCUT2D eigenvalue weighted by Crippen LogP contribution is -2.49. The molecule has 1 heterocycles. The van der Waals surface area contributed by atoms with Crippen molar-refractivity contribution in [2.75, 3.05) is 26.7 Å². The molecule has 1 atom stereocenters. The molecule has 0 bridgehead atoms. The van der Waals surface area contributed by atoms with Gasteiger partial charge in [0.05, 0.1) is 15.9 Å². The number of non-ortho nitro benzene ring substituents is 1. The maximum absolute atomic E-state index is 13.1. The molecule has 0 aliphatic carbocycles. The number of nitro benzene ring substituents is 1. The Labute approximate surface area is 146 Å². The maximum Gasteiger partial charge on any atom is 0.269 e. The first kappa shape index (κ1) is 17.5.